The first-order valence-corrected chi connectivity index (χ1v) is 7.42. The lowest BCUT2D eigenvalue weighted by molar-refractivity contribution is 0.309. The van der Waals surface area contributed by atoms with Gasteiger partial charge in [-0.1, -0.05) is 12.1 Å². The Morgan fingerprint density at radius 2 is 2.05 bits per heavy atom. The van der Waals surface area contributed by atoms with Gasteiger partial charge in [-0.25, -0.2) is 4.39 Å². The molecule has 0 aromatic heterocycles. The van der Waals surface area contributed by atoms with E-state index in [2.05, 4.69) is 21.2 Å². The van der Waals surface area contributed by atoms with E-state index in [1.165, 1.54) is 6.07 Å². The minimum atomic E-state index is -0.281. The lowest BCUT2D eigenvalue weighted by Gasteiger charge is -2.14. The van der Waals surface area contributed by atoms with Gasteiger partial charge in [0, 0.05) is 17.8 Å². The van der Waals surface area contributed by atoms with Crippen molar-refractivity contribution in [2.45, 2.75) is 13.5 Å². The molecule has 0 radical (unpaired) electrons. The molecule has 0 aliphatic carbocycles. The number of hydrogen-bond acceptors (Lipinski definition) is 3. The number of para-hydroxylation sites is 1. The first-order valence-electron chi connectivity index (χ1n) is 6.63. The van der Waals surface area contributed by atoms with Gasteiger partial charge < -0.3 is 14.8 Å². The van der Waals surface area contributed by atoms with Crippen LogP contribution >= 0.6 is 15.9 Å². The molecular formula is C16H17BrFNO2. The van der Waals surface area contributed by atoms with E-state index in [0.29, 0.717) is 23.4 Å². The summed E-state index contributed by atoms with van der Waals surface area (Å²) in [7, 11) is 1.62. The average molecular weight is 354 g/mol. The molecule has 0 saturated carbocycles. The van der Waals surface area contributed by atoms with E-state index in [4.69, 9.17) is 9.47 Å². The van der Waals surface area contributed by atoms with Gasteiger partial charge in [-0.15, -0.1) is 0 Å². The molecule has 0 atom stereocenters. The van der Waals surface area contributed by atoms with Gasteiger partial charge in [0.05, 0.1) is 18.2 Å². The second-order valence-electron chi connectivity index (χ2n) is 4.36. The highest BCUT2D eigenvalue weighted by Gasteiger charge is 2.10. The molecule has 0 unspecified atom stereocenters. The zero-order chi connectivity index (χ0) is 15.2. The standard InChI is InChI=1S/C16H17BrFNO2/c1-3-21-15-6-4-5-11(16(15)20-2)10-19-12-7-8-14(18)13(17)9-12/h4-9,19H,3,10H2,1-2H3. The lowest BCUT2D eigenvalue weighted by atomic mass is 10.1. The van der Waals surface area contributed by atoms with Gasteiger partial charge >= 0.3 is 0 Å². The van der Waals surface area contributed by atoms with E-state index >= 15 is 0 Å². The lowest BCUT2D eigenvalue weighted by Crippen LogP contribution is -2.04. The smallest absolute Gasteiger partial charge is 0.165 e. The Balaban J connectivity index is 2.15. The molecule has 0 aliphatic rings. The maximum atomic E-state index is 13.2. The predicted octanol–water partition coefficient (Wildman–Crippen LogP) is 4.61. The van der Waals surface area contributed by atoms with Crippen LogP contribution in [0.5, 0.6) is 11.5 Å². The summed E-state index contributed by atoms with van der Waals surface area (Å²) in [5, 5.41) is 3.24. The first kappa shape index (κ1) is 15.6. The van der Waals surface area contributed by atoms with Crippen molar-refractivity contribution in [1.29, 1.82) is 0 Å². The van der Waals surface area contributed by atoms with Crippen molar-refractivity contribution in [1.82, 2.24) is 0 Å². The third-order valence-corrected chi connectivity index (χ3v) is 3.57. The maximum absolute atomic E-state index is 13.2. The van der Waals surface area contributed by atoms with Crippen molar-refractivity contribution in [3.05, 3.63) is 52.3 Å². The van der Waals surface area contributed by atoms with Crippen molar-refractivity contribution in [3.63, 3.8) is 0 Å². The molecule has 0 aliphatic heterocycles. The molecule has 21 heavy (non-hydrogen) atoms. The molecule has 0 amide bonds. The van der Waals surface area contributed by atoms with E-state index in [0.717, 1.165) is 17.0 Å². The van der Waals surface area contributed by atoms with Crippen LogP contribution in [-0.2, 0) is 6.54 Å². The van der Waals surface area contributed by atoms with Crippen LogP contribution in [0.4, 0.5) is 10.1 Å². The largest absolute Gasteiger partial charge is 0.493 e. The molecule has 112 valence electrons. The van der Waals surface area contributed by atoms with Gasteiger partial charge in [-0.3, -0.25) is 0 Å². The van der Waals surface area contributed by atoms with Crippen LogP contribution in [0.2, 0.25) is 0 Å². The van der Waals surface area contributed by atoms with Crippen LogP contribution in [0.1, 0.15) is 12.5 Å². The Morgan fingerprint density at radius 1 is 1.24 bits per heavy atom. The van der Waals surface area contributed by atoms with Crippen LogP contribution < -0.4 is 14.8 Å². The van der Waals surface area contributed by atoms with Crippen molar-refractivity contribution in [2.24, 2.45) is 0 Å². The number of anilines is 1. The molecule has 2 aromatic carbocycles. The Labute approximate surface area is 132 Å². The molecule has 2 aromatic rings. The molecule has 3 nitrogen and oxygen atoms in total. The van der Waals surface area contributed by atoms with Crippen LogP contribution in [-0.4, -0.2) is 13.7 Å². The number of ether oxygens (including phenoxy) is 2. The minimum Gasteiger partial charge on any atom is -0.493 e. The summed E-state index contributed by atoms with van der Waals surface area (Å²) in [5.74, 6) is 1.16. The summed E-state index contributed by atoms with van der Waals surface area (Å²) in [6.45, 7) is 3.07. The van der Waals surface area contributed by atoms with E-state index in [1.807, 2.05) is 25.1 Å². The predicted molar refractivity (Wildman–Crippen MR) is 85.6 cm³/mol. The van der Waals surface area contributed by atoms with E-state index < -0.39 is 0 Å². The van der Waals surface area contributed by atoms with Gasteiger partial charge in [0.15, 0.2) is 11.5 Å². The summed E-state index contributed by atoms with van der Waals surface area (Å²) < 4.78 is 24.6. The fraction of sp³-hybridized carbons (Fsp3) is 0.250. The summed E-state index contributed by atoms with van der Waals surface area (Å²) >= 11 is 3.17. The van der Waals surface area contributed by atoms with Crippen LogP contribution in [0.25, 0.3) is 0 Å². The van der Waals surface area contributed by atoms with Gasteiger partial charge in [0.25, 0.3) is 0 Å². The van der Waals surface area contributed by atoms with Gasteiger partial charge in [-0.2, -0.15) is 0 Å². The van der Waals surface area contributed by atoms with Crippen molar-refractivity contribution in [3.8, 4) is 11.5 Å². The van der Waals surface area contributed by atoms with Crippen molar-refractivity contribution >= 4 is 21.6 Å². The monoisotopic (exact) mass is 353 g/mol. The fourth-order valence-electron chi connectivity index (χ4n) is 2.00. The zero-order valence-corrected chi connectivity index (χ0v) is 13.5. The SMILES string of the molecule is CCOc1cccc(CNc2ccc(F)c(Br)c2)c1OC. The molecule has 2 rings (SSSR count). The van der Waals surface area contributed by atoms with Crippen molar-refractivity contribution in [2.75, 3.05) is 19.0 Å². The molecule has 0 bridgehead atoms. The van der Waals surface area contributed by atoms with E-state index in [9.17, 15) is 4.39 Å². The number of hydrogen-bond donors (Lipinski definition) is 1. The molecule has 0 fully saturated rings. The number of rotatable bonds is 6. The number of methoxy groups -OCH3 is 1. The zero-order valence-electron chi connectivity index (χ0n) is 12.0. The molecule has 0 heterocycles. The summed E-state index contributed by atoms with van der Waals surface area (Å²) in [4.78, 5) is 0. The Hall–Kier alpha value is -1.75. The minimum absolute atomic E-state index is 0.281. The third-order valence-electron chi connectivity index (χ3n) is 2.97. The van der Waals surface area contributed by atoms with Gasteiger partial charge in [-0.05, 0) is 47.1 Å². The third kappa shape index (κ3) is 3.88. The normalized spacial score (nSPS) is 10.3. The summed E-state index contributed by atoms with van der Waals surface area (Å²) in [6.07, 6.45) is 0. The Kier molecular flexibility index (Phi) is 5.44. The summed E-state index contributed by atoms with van der Waals surface area (Å²) in [6, 6.07) is 10.6. The summed E-state index contributed by atoms with van der Waals surface area (Å²) in [5.41, 5.74) is 1.80. The number of halogens is 2. The van der Waals surface area contributed by atoms with Crippen LogP contribution in [0, 0.1) is 5.82 Å². The highest BCUT2D eigenvalue weighted by molar-refractivity contribution is 9.10. The van der Waals surface area contributed by atoms with E-state index in [-0.39, 0.29) is 5.82 Å². The highest BCUT2D eigenvalue weighted by atomic mass is 79.9. The average Bonchev–Trinajstić information content (AvgIpc) is 2.49. The van der Waals surface area contributed by atoms with Crippen LogP contribution in [0.3, 0.4) is 0 Å². The molecule has 0 spiro atoms. The Morgan fingerprint density at radius 3 is 2.71 bits per heavy atom. The fourth-order valence-corrected chi connectivity index (χ4v) is 2.38. The molecule has 5 heteroatoms. The molecule has 1 N–H and O–H groups in total. The first-order chi connectivity index (χ1) is 10.2. The topological polar surface area (TPSA) is 30.5 Å². The van der Waals surface area contributed by atoms with Crippen molar-refractivity contribution < 1.29 is 13.9 Å². The van der Waals surface area contributed by atoms with Crippen LogP contribution in [0.15, 0.2) is 40.9 Å². The quantitative estimate of drug-likeness (QED) is 0.822. The Bertz CT molecular complexity index is 619. The van der Waals surface area contributed by atoms with Gasteiger partial charge in [0.1, 0.15) is 5.82 Å². The number of benzene rings is 2. The second kappa shape index (κ2) is 7.31. The van der Waals surface area contributed by atoms with E-state index in [1.54, 1.807) is 19.2 Å². The number of nitrogens with one attached hydrogen (secondary N) is 1. The molecule has 0 saturated heterocycles. The maximum Gasteiger partial charge on any atom is 0.165 e. The molecular weight excluding hydrogens is 337 g/mol. The second-order valence-corrected chi connectivity index (χ2v) is 5.22. The highest BCUT2D eigenvalue weighted by Crippen LogP contribution is 2.31. The van der Waals surface area contributed by atoms with Gasteiger partial charge in [0.2, 0.25) is 0 Å².